The van der Waals surface area contributed by atoms with Gasteiger partial charge in [-0.15, -0.1) is 12.4 Å². The second-order valence-corrected chi connectivity index (χ2v) is 4.83. The van der Waals surface area contributed by atoms with E-state index in [2.05, 4.69) is 35.1 Å². The first kappa shape index (κ1) is 14.5. The lowest BCUT2D eigenvalue weighted by Crippen LogP contribution is -2.14. The monoisotopic (exact) mass is 257 g/mol. The molecule has 1 saturated carbocycles. The highest BCUT2D eigenvalue weighted by Crippen LogP contribution is 2.29. The predicted molar refractivity (Wildman–Crippen MR) is 73.7 cm³/mol. The van der Waals surface area contributed by atoms with Crippen molar-refractivity contribution in [1.29, 1.82) is 0 Å². The van der Waals surface area contributed by atoms with Gasteiger partial charge in [0.15, 0.2) is 0 Å². The van der Waals surface area contributed by atoms with E-state index in [0.717, 1.165) is 13.1 Å². The first-order chi connectivity index (χ1) is 7.81. The molecule has 2 rings (SSSR count). The summed E-state index contributed by atoms with van der Waals surface area (Å²) in [5.74, 6) is 0. The SMILES string of the molecule is CCCNCc1cn(C2CCCC2)nc1C.Cl. The quantitative estimate of drug-likeness (QED) is 0.821. The van der Waals surface area contributed by atoms with Crippen molar-refractivity contribution >= 4 is 12.4 Å². The lowest BCUT2D eigenvalue weighted by Gasteiger charge is -2.08. The minimum atomic E-state index is 0. The van der Waals surface area contributed by atoms with Crippen molar-refractivity contribution in [3.8, 4) is 0 Å². The fraction of sp³-hybridized carbons (Fsp3) is 0.769. The van der Waals surface area contributed by atoms with Gasteiger partial charge in [-0.05, 0) is 32.7 Å². The standard InChI is InChI=1S/C13H23N3.ClH/c1-3-8-14-9-12-10-16(15-11(12)2)13-6-4-5-7-13;/h10,13-14H,3-9H2,1-2H3;1H. The van der Waals surface area contributed by atoms with Gasteiger partial charge in [0.05, 0.1) is 11.7 Å². The summed E-state index contributed by atoms with van der Waals surface area (Å²) in [7, 11) is 0. The second kappa shape index (κ2) is 7.02. The van der Waals surface area contributed by atoms with Gasteiger partial charge < -0.3 is 5.32 Å². The normalized spacial score (nSPS) is 16.1. The van der Waals surface area contributed by atoms with Crippen molar-refractivity contribution in [2.45, 2.75) is 58.5 Å². The summed E-state index contributed by atoms with van der Waals surface area (Å²) in [6, 6.07) is 0.665. The molecule has 0 amide bonds. The van der Waals surface area contributed by atoms with E-state index < -0.39 is 0 Å². The molecule has 0 spiro atoms. The minimum absolute atomic E-state index is 0. The Hall–Kier alpha value is -0.540. The molecular weight excluding hydrogens is 234 g/mol. The molecule has 0 radical (unpaired) electrons. The van der Waals surface area contributed by atoms with Crippen LogP contribution in [-0.4, -0.2) is 16.3 Å². The highest BCUT2D eigenvalue weighted by molar-refractivity contribution is 5.85. The molecule has 1 fully saturated rings. The maximum absolute atomic E-state index is 4.65. The molecule has 1 aromatic rings. The van der Waals surface area contributed by atoms with E-state index in [1.165, 1.54) is 43.4 Å². The molecule has 0 aliphatic heterocycles. The third-order valence-corrected chi connectivity index (χ3v) is 3.46. The third-order valence-electron chi connectivity index (χ3n) is 3.46. The van der Waals surface area contributed by atoms with Crippen LogP contribution in [-0.2, 0) is 6.54 Å². The number of aryl methyl sites for hydroxylation is 1. The van der Waals surface area contributed by atoms with Gasteiger partial charge in [0, 0.05) is 18.3 Å². The molecule has 0 bridgehead atoms. The minimum Gasteiger partial charge on any atom is -0.313 e. The number of halogens is 1. The van der Waals surface area contributed by atoms with Crippen LogP contribution in [0.4, 0.5) is 0 Å². The molecule has 4 heteroatoms. The molecule has 1 heterocycles. The van der Waals surface area contributed by atoms with E-state index in [1.54, 1.807) is 0 Å². The summed E-state index contributed by atoms with van der Waals surface area (Å²) in [6.45, 7) is 6.37. The summed E-state index contributed by atoms with van der Waals surface area (Å²) in [4.78, 5) is 0. The van der Waals surface area contributed by atoms with Gasteiger partial charge in [0.25, 0.3) is 0 Å². The van der Waals surface area contributed by atoms with E-state index in [-0.39, 0.29) is 12.4 Å². The van der Waals surface area contributed by atoms with Crippen molar-refractivity contribution in [3.05, 3.63) is 17.5 Å². The molecule has 1 N–H and O–H groups in total. The van der Waals surface area contributed by atoms with Crippen LogP contribution in [0.25, 0.3) is 0 Å². The summed E-state index contributed by atoms with van der Waals surface area (Å²) in [5, 5.41) is 8.09. The van der Waals surface area contributed by atoms with Crippen LogP contribution in [0.5, 0.6) is 0 Å². The fourth-order valence-corrected chi connectivity index (χ4v) is 2.45. The van der Waals surface area contributed by atoms with Crippen molar-refractivity contribution < 1.29 is 0 Å². The number of rotatable bonds is 5. The Kier molecular flexibility index (Phi) is 6.00. The van der Waals surface area contributed by atoms with Gasteiger partial charge in [-0.25, -0.2) is 0 Å². The Morgan fingerprint density at radius 3 is 2.76 bits per heavy atom. The average Bonchev–Trinajstić information content (AvgIpc) is 2.88. The number of hydrogen-bond donors (Lipinski definition) is 1. The maximum Gasteiger partial charge on any atom is 0.0638 e. The molecule has 1 aliphatic carbocycles. The zero-order valence-electron chi connectivity index (χ0n) is 10.9. The highest BCUT2D eigenvalue weighted by atomic mass is 35.5. The summed E-state index contributed by atoms with van der Waals surface area (Å²) in [6.07, 6.45) is 8.79. The van der Waals surface area contributed by atoms with E-state index in [4.69, 9.17) is 0 Å². The van der Waals surface area contributed by atoms with Crippen LogP contribution in [0.15, 0.2) is 6.20 Å². The molecule has 98 valence electrons. The van der Waals surface area contributed by atoms with E-state index >= 15 is 0 Å². The van der Waals surface area contributed by atoms with Crippen LogP contribution in [0.1, 0.15) is 56.3 Å². The number of hydrogen-bond acceptors (Lipinski definition) is 2. The van der Waals surface area contributed by atoms with Gasteiger partial charge in [-0.3, -0.25) is 4.68 Å². The number of aromatic nitrogens is 2. The predicted octanol–water partition coefficient (Wildman–Crippen LogP) is 3.23. The Morgan fingerprint density at radius 1 is 1.41 bits per heavy atom. The first-order valence-corrected chi connectivity index (χ1v) is 6.56. The highest BCUT2D eigenvalue weighted by Gasteiger charge is 2.18. The molecule has 3 nitrogen and oxygen atoms in total. The van der Waals surface area contributed by atoms with Crippen LogP contribution in [0.3, 0.4) is 0 Å². The van der Waals surface area contributed by atoms with Gasteiger partial charge >= 0.3 is 0 Å². The lowest BCUT2D eigenvalue weighted by molar-refractivity contribution is 0.464. The fourth-order valence-electron chi connectivity index (χ4n) is 2.45. The van der Waals surface area contributed by atoms with Crippen molar-refractivity contribution in [1.82, 2.24) is 15.1 Å². The zero-order valence-corrected chi connectivity index (χ0v) is 11.7. The van der Waals surface area contributed by atoms with Crippen molar-refractivity contribution in [3.63, 3.8) is 0 Å². The van der Waals surface area contributed by atoms with Crippen LogP contribution < -0.4 is 5.32 Å². The van der Waals surface area contributed by atoms with Crippen molar-refractivity contribution in [2.24, 2.45) is 0 Å². The number of nitrogens with zero attached hydrogens (tertiary/aromatic N) is 2. The number of nitrogens with one attached hydrogen (secondary N) is 1. The van der Waals surface area contributed by atoms with Gasteiger partial charge in [-0.2, -0.15) is 5.10 Å². The Labute approximate surface area is 110 Å². The van der Waals surface area contributed by atoms with Crippen LogP contribution in [0.2, 0.25) is 0 Å². The largest absolute Gasteiger partial charge is 0.313 e. The third kappa shape index (κ3) is 3.71. The first-order valence-electron chi connectivity index (χ1n) is 6.56. The van der Waals surface area contributed by atoms with Gasteiger partial charge in [0.2, 0.25) is 0 Å². The molecule has 1 aromatic heterocycles. The molecule has 0 atom stereocenters. The van der Waals surface area contributed by atoms with Crippen molar-refractivity contribution in [2.75, 3.05) is 6.54 Å². The molecule has 1 aliphatic rings. The van der Waals surface area contributed by atoms with E-state index in [1.807, 2.05) is 0 Å². The smallest absolute Gasteiger partial charge is 0.0638 e. The molecule has 0 unspecified atom stereocenters. The second-order valence-electron chi connectivity index (χ2n) is 4.83. The van der Waals surface area contributed by atoms with Crippen LogP contribution in [0, 0.1) is 6.92 Å². The lowest BCUT2D eigenvalue weighted by atomic mass is 10.2. The topological polar surface area (TPSA) is 29.9 Å². The van der Waals surface area contributed by atoms with Crippen LogP contribution >= 0.6 is 12.4 Å². The van der Waals surface area contributed by atoms with E-state index in [9.17, 15) is 0 Å². The summed E-state index contributed by atoms with van der Waals surface area (Å²) >= 11 is 0. The van der Waals surface area contributed by atoms with Gasteiger partial charge in [0.1, 0.15) is 0 Å². The Morgan fingerprint density at radius 2 is 2.12 bits per heavy atom. The Bertz CT molecular complexity index is 329. The summed E-state index contributed by atoms with van der Waals surface area (Å²) < 4.78 is 2.20. The molecular formula is C13H24ClN3. The van der Waals surface area contributed by atoms with E-state index in [0.29, 0.717) is 6.04 Å². The van der Waals surface area contributed by atoms with Gasteiger partial charge in [-0.1, -0.05) is 19.8 Å². The summed E-state index contributed by atoms with van der Waals surface area (Å²) in [5.41, 5.74) is 2.55. The zero-order chi connectivity index (χ0) is 11.4. The average molecular weight is 258 g/mol. The maximum atomic E-state index is 4.65. The molecule has 0 saturated heterocycles. The molecule has 0 aromatic carbocycles. The molecule has 17 heavy (non-hydrogen) atoms. The Balaban J connectivity index is 0.00000144.